The van der Waals surface area contributed by atoms with Crippen molar-refractivity contribution in [3.63, 3.8) is 0 Å². The molecular weight excluding hydrogens is 2060 g/mol. The highest BCUT2D eigenvalue weighted by Gasteiger charge is 2.37. The molecule has 0 spiro atoms. The van der Waals surface area contributed by atoms with Crippen LogP contribution in [-0.4, -0.2) is 105 Å². The van der Waals surface area contributed by atoms with Crippen LogP contribution in [0.25, 0.3) is 24.9 Å². The second-order valence-electron chi connectivity index (χ2n) is 29.8. The minimum Gasteiger partial charge on any atom is -0.741 e. The number of azo groups is 1. The maximum atomic E-state index is 12.2. The van der Waals surface area contributed by atoms with Gasteiger partial charge in [-0.05, 0) is 169 Å². The Bertz CT molecular complexity index is 6640. The van der Waals surface area contributed by atoms with E-state index in [1.165, 1.54) is 95.2 Å². The number of non-ortho nitro benzene ring substituents is 1. The molecule has 1 fully saturated rings. The average Bonchev–Trinajstić information content (AvgIpc) is 0.809. The van der Waals surface area contributed by atoms with E-state index in [1.807, 2.05) is 219 Å². The lowest BCUT2D eigenvalue weighted by molar-refractivity contribution is -0.777. The average molecular weight is 2160 g/mol. The van der Waals surface area contributed by atoms with Crippen molar-refractivity contribution in [2.45, 2.75) is 80.5 Å². The van der Waals surface area contributed by atoms with E-state index in [0.29, 0.717) is 93.1 Å². The predicted octanol–water partition coefficient (Wildman–Crippen LogP) is 24.0. The van der Waals surface area contributed by atoms with Crippen molar-refractivity contribution >= 4 is 144 Å². The fraction of sp³-hybridized carbons (Fsp3) is 0.202. The Balaban J connectivity index is 0.000000296. The van der Waals surface area contributed by atoms with Crippen LogP contribution in [0.5, 0.6) is 40.2 Å². The molecule has 150 heavy (non-hydrogen) atoms. The Kier molecular flexibility index (Phi) is 56.2. The number of para-hydroxylation sites is 2. The van der Waals surface area contributed by atoms with Gasteiger partial charge in [0, 0.05) is 116 Å². The lowest BCUT2D eigenvalue weighted by atomic mass is 10.1. The number of nitrogens with zero attached hydrogens (tertiary/aromatic N) is 14. The Morgan fingerprint density at radius 2 is 0.780 bits per heavy atom. The van der Waals surface area contributed by atoms with E-state index < -0.39 is 20.5 Å². The molecule has 3 N–H and O–H groups in total. The third kappa shape index (κ3) is 44.0. The Morgan fingerprint density at radius 1 is 0.413 bits per heavy atom. The molecule has 0 unspecified atom stereocenters. The highest BCUT2D eigenvalue weighted by Crippen LogP contribution is 2.44. The summed E-state index contributed by atoms with van der Waals surface area (Å²) in [5.41, 5.74) is 11.6. The summed E-state index contributed by atoms with van der Waals surface area (Å²) in [6, 6.07) is 79.3. The highest BCUT2D eigenvalue weighted by atomic mass is 32.2. The lowest BCUT2D eigenvalue weighted by Gasteiger charge is -2.29. The number of nitro benzene ring substituents is 1. The largest absolute Gasteiger partial charge is 0.741 e. The van der Waals surface area contributed by atoms with Crippen LogP contribution in [0.1, 0.15) is 54.9 Å². The van der Waals surface area contributed by atoms with Crippen molar-refractivity contribution in [2.24, 2.45) is 10.2 Å². The van der Waals surface area contributed by atoms with Crippen molar-refractivity contribution in [2.75, 3.05) is 96.9 Å². The van der Waals surface area contributed by atoms with E-state index in [0.717, 1.165) is 143 Å². The van der Waals surface area contributed by atoms with Crippen LogP contribution < -0.4 is 75.0 Å². The van der Waals surface area contributed by atoms with Crippen LogP contribution in [0.15, 0.2) is 297 Å². The quantitative estimate of drug-likeness (QED) is 0.00573. The second-order valence-corrected chi connectivity index (χ2v) is 34.1. The van der Waals surface area contributed by atoms with E-state index in [2.05, 4.69) is 93.4 Å². The van der Waals surface area contributed by atoms with Crippen LogP contribution in [0, 0.1) is 92.5 Å². The number of carbonyl (C=O) groups is 1. The third-order valence-electron chi connectivity index (χ3n) is 19.3. The Labute approximate surface area is 877 Å². The number of diazo groups is 5. The first-order valence-corrected chi connectivity index (χ1v) is 47.5. The van der Waals surface area contributed by atoms with Crippen LogP contribution >= 0.6 is 48.2 Å². The standard InChI is InChI=1S/C15H13N3O3.C14H12N5O4.C13H12N3O.C12H16N3O3.C12H10N3.2C9H12O3S.2C7H8O3S.CHF3O3S/c1-20-13-9-12(18-16)14(21-2)8-11(13)17-15(19)10-6-4-3-5-7-10;1-22-13-8-12(14(23-2)7-11(13)16-15)18-17-9-3-5-10(6-4-9)19(20)21;1-17-13-9-11(7-8-12(13)16-14)15-10-5-3-2-4-6-10;1-16-11-8-10(15-3-5-18-6-4-15)12(17-2)7-9(11)14-13;13-15-12-8-6-11(7-9-12)14-10-4-2-1-3-5-10;2*1-6-4-7(2)9(8(3)5-6)13-12-11-10;2*1-6-2-4-7(5-3-6)11-10-9-8;2-1(3,4)8(5,6)7/h3-9H,1-2H3;3-8H,1-2H3;2-9,15H,1H3;7-8H,3-6H2,1-2H3;1-9,14H;2*4-5,10H,1-3H3;2*2-5,8H,1H3;(H,5,6,7)/q;4*+1;;;;;/p-4. The molecule has 1 amide bonds. The SMILES string of the molecule is COc1cc(N2CCOCC2)c(OC)cc1[N+]#N.COc1cc(NC(=O)c2ccccc2)c(OC)cc1[N+]#N.COc1cc(Nc2ccccc2)ccc1[N+]#N.COc1cc([N+]#N)c(OC)cc1N=Nc1ccc([N+](=O)[O-])cc1.Cc1cc(C)c(SOO[O-])c(C)c1.Cc1cc(C)c(SOO[O-])c(C)c1.Cc1ccc(SOO[O-])cc1.Cc1ccc(SOO[O-])cc1.N#[N+]c1ccc(Nc2ccccc2)cc1.O=S(=O)([O-])C(F)(F)F. The molecule has 0 aliphatic carbocycles. The molecule has 0 saturated carbocycles. The smallest absolute Gasteiger partial charge is 0.485 e. The number of benzene rings is 13. The number of alkyl halides is 3. The zero-order chi connectivity index (χ0) is 111. The summed E-state index contributed by atoms with van der Waals surface area (Å²) in [5, 5.41) is 123. The molecule has 1 saturated heterocycles. The minimum absolute atomic E-state index is 0.0305. The number of hydrogen-bond acceptors (Lipinski definition) is 40. The zero-order valence-corrected chi connectivity index (χ0v) is 86.9. The molecule has 13 aromatic rings. The first kappa shape index (κ1) is 124. The summed E-state index contributed by atoms with van der Waals surface area (Å²) in [5.74, 6) is 2.74. The predicted molar refractivity (Wildman–Crippen MR) is 547 cm³/mol. The molecule has 0 aromatic heterocycles. The van der Waals surface area contributed by atoms with E-state index in [9.17, 15) is 49.1 Å². The van der Waals surface area contributed by atoms with Gasteiger partial charge in [0.05, 0.1) is 151 Å². The molecule has 43 nitrogen and oxygen atoms in total. The number of aryl methyl sites for hydroxylation is 8. The summed E-state index contributed by atoms with van der Waals surface area (Å²) in [6.45, 7) is 18.9. The first-order chi connectivity index (χ1) is 72.0. The number of nitro groups is 1. The number of nitrogens with one attached hydrogen (secondary N) is 3. The van der Waals surface area contributed by atoms with Crippen LogP contribution in [0.4, 0.5) is 92.8 Å². The molecule has 51 heteroatoms. The molecule has 788 valence electrons. The number of halogens is 3. The zero-order valence-electron chi connectivity index (χ0n) is 82.8. The first-order valence-electron chi connectivity index (χ1n) is 43.1. The van der Waals surface area contributed by atoms with Crippen LogP contribution in [0.2, 0.25) is 0 Å². The van der Waals surface area contributed by atoms with E-state index in [-0.39, 0.29) is 23.0 Å². The van der Waals surface area contributed by atoms with Crippen molar-refractivity contribution in [1.82, 2.24) is 0 Å². The van der Waals surface area contributed by atoms with Gasteiger partial charge in [-0.1, -0.05) is 125 Å². The van der Waals surface area contributed by atoms with E-state index in [4.69, 9.17) is 77.8 Å². The molecule has 1 aliphatic heterocycles. The highest BCUT2D eigenvalue weighted by molar-refractivity contribution is 7.95. The fourth-order valence-electron chi connectivity index (χ4n) is 12.4. The number of methoxy groups -OCH3 is 7. The number of amides is 1. The number of anilines is 6. The van der Waals surface area contributed by atoms with Crippen LogP contribution in [0.3, 0.4) is 0 Å². The van der Waals surface area contributed by atoms with Gasteiger partial charge in [0.15, 0.2) is 52.2 Å². The molecule has 1 aliphatic rings. The third-order valence-corrected chi connectivity index (χ3v) is 22.9. The molecule has 13 aromatic carbocycles. The number of morpholine rings is 1. The van der Waals surface area contributed by atoms with E-state index >= 15 is 0 Å². The summed E-state index contributed by atoms with van der Waals surface area (Å²) in [4.78, 5) is 43.6. The molecule has 14 rings (SSSR count). The normalized spacial score (nSPS) is 10.7. The lowest BCUT2D eigenvalue weighted by Crippen LogP contribution is -2.36. The summed E-state index contributed by atoms with van der Waals surface area (Å²) in [6.07, 6.45) is 0. The van der Waals surface area contributed by atoms with Gasteiger partial charge in [-0.25, -0.2) is 8.42 Å². The molecule has 0 atom stereocenters. The van der Waals surface area contributed by atoms with Gasteiger partial charge in [-0.3, -0.25) is 35.1 Å². The minimum atomic E-state index is -6.09. The molecule has 1 heterocycles. The topological polar surface area (TPSA) is 562 Å². The number of hydrogen-bond donors (Lipinski definition) is 3. The Hall–Kier alpha value is -16.0. The van der Waals surface area contributed by atoms with Crippen LogP contribution in [-0.2, 0) is 52.3 Å². The van der Waals surface area contributed by atoms with Crippen molar-refractivity contribution in [1.29, 1.82) is 27.0 Å². The molecular formula is C99H100F3N17O26S5. The van der Waals surface area contributed by atoms with Gasteiger partial charge in [-0.15, -0.1) is 5.11 Å². The maximum absolute atomic E-state index is 12.2. The van der Waals surface area contributed by atoms with E-state index in [1.54, 1.807) is 68.8 Å². The van der Waals surface area contributed by atoms with Gasteiger partial charge >= 0.3 is 33.9 Å². The van der Waals surface area contributed by atoms with Crippen molar-refractivity contribution < 1.29 is 132 Å². The van der Waals surface area contributed by atoms with Crippen molar-refractivity contribution in [3.05, 3.63) is 352 Å². The number of carbonyl (C=O) groups excluding carboxylic acids is 1. The molecule has 0 radical (unpaired) electrons. The summed E-state index contributed by atoms with van der Waals surface area (Å²) in [7, 11) is 4.35. The Morgan fingerprint density at radius 3 is 1.17 bits per heavy atom. The summed E-state index contributed by atoms with van der Waals surface area (Å²) >= 11 is 3.68. The monoisotopic (exact) mass is 2160 g/mol. The van der Waals surface area contributed by atoms with Gasteiger partial charge < -0.3 is 84.3 Å². The molecule has 0 bridgehead atoms. The van der Waals surface area contributed by atoms with Gasteiger partial charge in [0.2, 0.25) is 50.0 Å². The summed E-state index contributed by atoms with van der Waals surface area (Å²) < 4.78 is 117. The number of rotatable bonds is 29. The van der Waals surface area contributed by atoms with Gasteiger partial charge in [-0.2, -0.15) is 35.6 Å². The fourth-order valence-corrected chi connectivity index (χ4v) is 14.1. The van der Waals surface area contributed by atoms with Gasteiger partial charge in [0.25, 0.3) is 11.6 Å². The van der Waals surface area contributed by atoms with Gasteiger partial charge in [0.1, 0.15) is 5.69 Å². The number of ether oxygens (including phenoxy) is 8. The van der Waals surface area contributed by atoms with Crippen molar-refractivity contribution in [3.8, 4) is 40.2 Å². The maximum Gasteiger partial charge on any atom is 0.485 e. The second kappa shape index (κ2) is 67.7.